The average molecular weight is 247 g/mol. The largest absolute Gasteiger partial charge is 0.356 e. The molecule has 0 saturated heterocycles. The first-order valence-corrected chi connectivity index (χ1v) is 5.84. The topological polar surface area (TPSA) is 27.6 Å². The first-order valence-electron chi connectivity index (χ1n) is 5.84. The van der Waals surface area contributed by atoms with E-state index in [0.717, 1.165) is 18.1 Å². The number of guanidine groups is 1. The molecule has 0 fully saturated rings. The number of terminal acetylenes is 1. The number of rotatable bonds is 4. The lowest BCUT2D eigenvalue weighted by molar-refractivity contribution is 0.477. The number of benzene rings is 1. The van der Waals surface area contributed by atoms with Crippen LogP contribution in [0, 0.1) is 18.2 Å². The number of hydrogen-bond acceptors (Lipinski definition) is 1. The van der Waals surface area contributed by atoms with Gasteiger partial charge in [0.05, 0.1) is 0 Å². The minimum absolute atomic E-state index is 0.227. The van der Waals surface area contributed by atoms with E-state index < -0.39 is 0 Å². The molecule has 0 spiro atoms. The number of nitrogens with one attached hydrogen (secondary N) is 1. The summed E-state index contributed by atoms with van der Waals surface area (Å²) in [7, 11) is 1.92. The molecule has 1 aromatic rings. The highest BCUT2D eigenvalue weighted by Gasteiger charge is 2.05. The van der Waals surface area contributed by atoms with E-state index in [0.29, 0.717) is 13.1 Å². The molecule has 0 saturated carbocycles. The van der Waals surface area contributed by atoms with E-state index in [1.54, 1.807) is 12.1 Å². The van der Waals surface area contributed by atoms with Crippen molar-refractivity contribution in [1.29, 1.82) is 0 Å². The van der Waals surface area contributed by atoms with Gasteiger partial charge in [-0.15, -0.1) is 6.42 Å². The van der Waals surface area contributed by atoms with E-state index in [9.17, 15) is 4.39 Å². The van der Waals surface area contributed by atoms with Crippen molar-refractivity contribution < 1.29 is 4.39 Å². The minimum atomic E-state index is -0.227. The Hall–Kier alpha value is -2.02. The molecule has 0 aliphatic rings. The Kier molecular flexibility index (Phi) is 5.72. The van der Waals surface area contributed by atoms with Gasteiger partial charge >= 0.3 is 0 Å². The highest BCUT2D eigenvalue weighted by atomic mass is 19.1. The molecule has 1 aromatic carbocycles. The fourth-order valence-electron chi connectivity index (χ4n) is 1.53. The maximum Gasteiger partial charge on any atom is 0.194 e. The van der Waals surface area contributed by atoms with Crippen molar-refractivity contribution in [3.05, 3.63) is 35.6 Å². The van der Waals surface area contributed by atoms with Gasteiger partial charge in [0.1, 0.15) is 12.4 Å². The molecular formula is C14H18FN3. The van der Waals surface area contributed by atoms with Gasteiger partial charge in [0.25, 0.3) is 0 Å². The first-order chi connectivity index (χ1) is 8.67. The lowest BCUT2D eigenvalue weighted by Crippen LogP contribution is -2.38. The molecule has 3 nitrogen and oxygen atoms in total. The van der Waals surface area contributed by atoms with Gasteiger partial charge in [0, 0.05) is 20.1 Å². The van der Waals surface area contributed by atoms with Crippen LogP contribution < -0.4 is 5.32 Å². The van der Waals surface area contributed by atoms with Crippen molar-refractivity contribution in [3.63, 3.8) is 0 Å². The molecule has 0 aliphatic heterocycles. The van der Waals surface area contributed by atoms with Crippen LogP contribution in [0.25, 0.3) is 0 Å². The monoisotopic (exact) mass is 247 g/mol. The molecule has 0 bridgehead atoms. The lowest BCUT2D eigenvalue weighted by Gasteiger charge is -2.21. The third-order valence-electron chi connectivity index (χ3n) is 2.35. The van der Waals surface area contributed by atoms with Gasteiger partial charge in [-0.3, -0.25) is 0 Å². The third kappa shape index (κ3) is 4.46. The van der Waals surface area contributed by atoms with Crippen LogP contribution in [0.5, 0.6) is 0 Å². The summed E-state index contributed by atoms with van der Waals surface area (Å²) in [5.41, 5.74) is 1.02. The van der Waals surface area contributed by atoms with E-state index in [1.165, 1.54) is 12.1 Å². The van der Waals surface area contributed by atoms with Gasteiger partial charge in [0.15, 0.2) is 5.96 Å². The number of nitrogens with zero attached hydrogens (tertiary/aromatic N) is 2. The Morgan fingerprint density at radius 1 is 1.44 bits per heavy atom. The summed E-state index contributed by atoms with van der Waals surface area (Å²) < 4.78 is 12.8. The first kappa shape index (κ1) is 14.0. The summed E-state index contributed by atoms with van der Waals surface area (Å²) in [6.45, 7) is 3.76. The van der Waals surface area contributed by atoms with Crippen molar-refractivity contribution in [2.75, 3.05) is 20.1 Å². The van der Waals surface area contributed by atoms with Crippen molar-refractivity contribution in [3.8, 4) is 12.3 Å². The second-order valence-corrected chi connectivity index (χ2v) is 3.86. The zero-order chi connectivity index (χ0) is 13.4. The molecule has 18 heavy (non-hydrogen) atoms. The number of halogens is 1. The van der Waals surface area contributed by atoms with Crippen LogP contribution in [0.15, 0.2) is 29.3 Å². The summed E-state index contributed by atoms with van der Waals surface area (Å²) in [5, 5.41) is 3.16. The van der Waals surface area contributed by atoms with Crippen LogP contribution in [0.1, 0.15) is 12.5 Å². The normalized spacial score (nSPS) is 10.9. The van der Waals surface area contributed by atoms with Crippen molar-refractivity contribution in [2.45, 2.75) is 13.5 Å². The van der Waals surface area contributed by atoms with Gasteiger partial charge in [-0.05, 0) is 24.6 Å². The molecule has 0 unspecified atom stereocenters. The second kappa shape index (κ2) is 7.33. The van der Waals surface area contributed by atoms with E-state index in [4.69, 9.17) is 6.42 Å². The van der Waals surface area contributed by atoms with Crippen LogP contribution in [0.2, 0.25) is 0 Å². The predicted octanol–water partition coefficient (Wildman–Crippen LogP) is 1.86. The Bertz CT molecular complexity index is 431. The Morgan fingerprint density at radius 2 is 2.11 bits per heavy atom. The van der Waals surface area contributed by atoms with Crippen molar-refractivity contribution >= 4 is 5.96 Å². The molecule has 0 heterocycles. The SMILES string of the molecule is C#CCN=C(NCC)N(C)Cc1ccc(F)cc1. The Morgan fingerprint density at radius 3 is 2.67 bits per heavy atom. The molecule has 4 heteroatoms. The lowest BCUT2D eigenvalue weighted by atomic mass is 10.2. The van der Waals surface area contributed by atoms with E-state index in [2.05, 4.69) is 16.2 Å². The molecule has 0 aliphatic carbocycles. The standard InChI is InChI=1S/C14H18FN3/c1-4-10-17-14(16-5-2)18(3)11-12-6-8-13(15)9-7-12/h1,6-9H,5,10-11H2,2-3H3,(H,16,17). The van der Waals surface area contributed by atoms with Crippen LogP contribution in [-0.2, 0) is 6.54 Å². The average Bonchev–Trinajstić information content (AvgIpc) is 2.37. The smallest absolute Gasteiger partial charge is 0.194 e. The Labute approximate surface area is 108 Å². The zero-order valence-corrected chi connectivity index (χ0v) is 10.8. The second-order valence-electron chi connectivity index (χ2n) is 3.86. The molecule has 96 valence electrons. The zero-order valence-electron chi connectivity index (χ0n) is 10.8. The van der Waals surface area contributed by atoms with Gasteiger partial charge < -0.3 is 10.2 Å². The number of aliphatic imine (C=N–C) groups is 1. The van der Waals surface area contributed by atoms with Gasteiger partial charge in [0.2, 0.25) is 0 Å². The van der Waals surface area contributed by atoms with Gasteiger partial charge in [-0.25, -0.2) is 9.38 Å². The summed E-state index contributed by atoms with van der Waals surface area (Å²) in [4.78, 5) is 6.22. The maximum atomic E-state index is 12.8. The quantitative estimate of drug-likeness (QED) is 0.499. The third-order valence-corrected chi connectivity index (χ3v) is 2.35. The summed E-state index contributed by atoms with van der Waals surface area (Å²) >= 11 is 0. The van der Waals surface area contributed by atoms with E-state index in [1.807, 2.05) is 18.9 Å². The molecular weight excluding hydrogens is 229 g/mol. The summed E-state index contributed by atoms with van der Waals surface area (Å²) in [6, 6.07) is 6.43. The number of hydrogen-bond donors (Lipinski definition) is 1. The fraction of sp³-hybridized carbons (Fsp3) is 0.357. The van der Waals surface area contributed by atoms with Crippen LogP contribution >= 0.6 is 0 Å². The Balaban J connectivity index is 2.69. The predicted molar refractivity (Wildman–Crippen MR) is 72.7 cm³/mol. The van der Waals surface area contributed by atoms with Crippen LogP contribution in [0.3, 0.4) is 0 Å². The van der Waals surface area contributed by atoms with Gasteiger partial charge in [-0.1, -0.05) is 18.1 Å². The molecule has 0 radical (unpaired) electrons. The van der Waals surface area contributed by atoms with Crippen LogP contribution in [0.4, 0.5) is 4.39 Å². The van der Waals surface area contributed by atoms with E-state index >= 15 is 0 Å². The molecule has 0 amide bonds. The van der Waals surface area contributed by atoms with Crippen molar-refractivity contribution in [2.24, 2.45) is 4.99 Å². The van der Waals surface area contributed by atoms with Gasteiger partial charge in [-0.2, -0.15) is 0 Å². The molecule has 0 aromatic heterocycles. The van der Waals surface area contributed by atoms with Crippen molar-refractivity contribution in [1.82, 2.24) is 10.2 Å². The molecule has 1 N–H and O–H groups in total. The minimum Gasteiger partial charge on any atom is -0.356 e. The summed E-state index contributed by atoms with van der Waals surface area (Å²) in [5.74, 6) is 3.00. The summed E-state index contributed by atoms with van der Waals surface area (Å²) in [6.07, 6.45) is 5.20. The highest BCUT2D eigenvalue weighted by Crippen LogP contribution is 2.05. The molecule has 1 rings (SSSR count). The molecule has 0 atom stereocenters. The van der Waals surface area contributed by atoms with E-state index in [-0.39, 0.29) is 5.82 Å². The highest BCUT2D eigenvalue weighted by molar-refractivity contribution is 5.79. The van der Waals surface area contributed by atoms with Crippen LogP contribution in [-0.4, -0.2) is 31.0 Å². The maximum absolute atomic E-state index is 12.8. The fourth-order valence-corrected chi connectivity index (χ4v) is 1.53.